The third-order valence-electron chi connectivity index (χ3n) is 4.09. The van der Waals surface area contributed by atoms with E-state index in [2.05, 4.69) is 19.2 Å². The van der Waals surface area contributed by atoms with Crippen molar-refractivity contribution in [1.82, 2.24) is 10.2 Å². The van der Waals surface area contributed by atoms with Crippen LogP contribution in [-0.2, 0) is 9.53 Å². The van der Waals surface area contributed by atoms with Crippen molar-refractivity contribution >= 4 is 29.9 Å². The van der Waals surface area contributed by atoms with Crippen molar-refractivity contribution in [2.75, 3.05) is 26.8 Å². The zero-order valence-electron chi connectivity index (χ0n) is 13.9. The van der Waals surface area contributed by atoms with Crippen LogP contribution in [0.3, 0.4) is 0 Å². The molecular formula is C17H26Cl2N2O2. The summed E-state index contributed by atoms with van der Waals surface area (Å²) >= 11 is 6.33. The Morgan fingerprint density at radius 3 is 2.70 bits per heavy atom. The quantitative estimate of drug-likeness (QED) is 0.875. The Hall–Kier alpha value is -0.810. The van der Waals surface area contributed by atoms with Gasteiger partial charge in [-0.1, -0.05) is 43.6 Å². The van der Waals surface area contributed by atoms with Gasteiger partial charge < -0.3 is 15.0 Å². The van der Waals surface area contributed by atoms with Crippen LogP contribution in [0.25, 0.3) is 0 Å². The lowest BCUT2D eigenvalue weighted by Gasteiger charge is -2.34. The number of carbonyl (C=O) groups is 1. The molecule has 23 heavy (non-hydrogen) atoms. The van der Waals surface area contributed by atoms with Gasteiger partial charge in [0, 0.05) is 31.1 Å². The Morgan fingerprint density at radius 2 is 2.13 bits per heavy atom. The summed E-state index contributed by atoms with van der Waals surface area (Å²) in [4.78, 5) is 14.5. The predicted molar refractivity (Wildman–Crippen MR) is 96.3 cm³/mol. The minimum atomic E-state index is -0.0225. The maximum atomic E-state index is 12.6. The second kappa shape index (κ2) is 9.48. The average molecular weight is 361 g/mol. The third-order valence-corrected chi connectivity index (χ3v) is 4.43. The highest BCUT2D eigenvalue weighted by atomic mass is 35.5. The standard InChI is InChI=1S/C17H25ClN2O2.ClH/c1-12(2)17(14-6-4-5-7-15(14)18)20(3)16(21)10-13-11-22-9-8-19-13;/h4-7,12-13,17,19H,8-11H2,1-3H3;1H. The molecule has 1 aromatic rings. The van der Waals surface area contributed by atoms with E-state index in [1.165, 1.54) is 0 Å². The van der Waals surface area contributed by atoms with Gasteiger partial charge in [0.15, 0.2) is 0 Å². The molecule has 0 aromatic heterocycles. The van der Waals surface area contributed by atoms with Gasteiger partial charge in [-0.3, -0.25) is 4.79 Å². The summed E-state index contributed by atoms with van der Waals surface area (Å²) in [5.74, 6) is 0.394. The molecule has 1 heterocycles. The van der Waals surface area contributed by atoms with Crippen molar-refractivity contribution in [2.24, 2.45) is 5.92 Å². The van der Waals surface area contributed by atoms with Crippen molar-refractivity contribution < 1.29 is 9.53 Å². The van der Waals surface area contributed by atoms with Crippen molar-refractivity contribution in [3.63, 3.8) is 0 Å². The van der Waals surface area contributed by atoms with Crippen LogP contribution < -0.4 is 5.32 Å². The van der Waals surface area contributed by atoms with E-state index in [9.17, 15) is 4.79 Å². The zero-order chi connectivity index (χ0) is 16.1. The number of benzene rings is 1. The summed E-state index contributed by atoms with van der Waals surface area (Å²) < 4.78 is 5.42. The lowest BCUT2D eigenvalue weighted by molar-refractivity contribution is -0.134. The Balaban J connectivity index is 0.00000264. The van der Waals surface area contributed by atoms with E-state index in [-0.39, 0.29) is 36.3 Å². The zero-order valence-corrected chi connectivity index (χ0v) is 15.5. The van der Waals surface area contributed by atoms with Crippen molar-refractivity contribution in [3.05, 3.63) is 34.9 Å². The fourth-order valence-electron chi connectivity index (χ4n) is 2.99. The van der Waals surface area contributed by atoms with Crippen LogP contribution in [0, 0.1) is 5.92 Å². The lowest BCUT2D eigenvalue weighted by atomic mass is 9.94. The van der Waals surface area contributed by atoms with Crippen molar-refractivity contribution in [1.29, 1.82) is 0 Å². The molecule has 0 bridgehead atoms. The van der Waals surface area contributed by atoms with Gasteiger partial charge in [-0.15, -0.1) is 12.4 Å². The average Bonchev–Trinajstić information content (AvgIpc) is 2.50. The molecule has 0 aliphatic carbocycles. The van der Waals surface area contributed by atoms with Crippen LogP contribution in [0.2, 0.25) is 5.02 Å². The number of hydrogen-bond acceptors (Lipinski definition) is 3. The summed E-state index contributed by atoms with van der Waals surface area (Å²) in [6.07, 6.45) is 0.449. The fraction of sp³-hybridized carbons (Fsp3) is 0.588. The Kier molecular flexibility index (Phi) is 8.34. The number of morpholine rings is 1. The highest BCUT2D eigenvalue weighted by molar-refractivity contribution is 6.31. The number of carbonyl (C=O) groups excluding carboxylic acids is 1. The van der Waals surface area contributed by atoms with E-state index in [4.69, 9.17) is 16.3 Å². The first-order chi connectivity index (χ1) is 10.5. The number of ether oxygens (including phenoxy) is 1. The van der Waals surface area contributed by atoms with Crippen molar-refractivity contribution in [2.45, 2.75) is 32.4 Å². The van der Waals surface area contributed by atoms with E-state index in [1.54, 1.807) is 0 Å². The number of nitrogens with zero attached hydrogens (tertiary/aromatic N) is 1. The number of amides is 1. The molecule has 1 saturated heterocycles. The topological polar surface area (TPSA) is 41.6 Å². The van der Waals surface area contributed by atoms with Gasteiger partial charge in [0.25, 0.3) is 0 Å². The highest BCUT2D eigenvalue weighted by Gasteiger charge is 2.28. The summed E-state index contributed by atoms with van der Waals surface area (Å²) in [5.41, 5.74) is 1.00. The van der Waals surface area contributed by atoms with E-state index < -0.39 is 0 Å². The van der Waals surface area contributed by atoms with Gasteiger partial charge in [0.2, 0.25) is 5.91 Å². The van der Waals surface area contributed by atoms with Crippen LogP contribution in [0.1, 0.15) is 31.9 Å². The molecule has 1 aromatic carbocycles. The molecule has 4 nitrogen and oxygen atoms in total. The Bertz CT molecular complexity index is 505. The van der Waals surface area contributed by atoms with E-state index in [1.807, 2.05) is 36.2 Å². The monoisotopic (exact) mass is 360 g/mol. The number of nitrogens with one attached hydrogen (secondary N) is 1. The minimum absolute atomic E-state index is 0. The first kappa shape index (κ1) is 20.2. The minimum Gasteiger partial charge on any atom is -0.378 e. The van der Waals surface area contributed by atoms with E-state index in [0.29, 0.717) is 18.1 Å². The molecule has 0 saturated carbocycles. The molecule has 1 N–H and O–H groups in total. The molecule has 0 radical (unpaired) electrons. The summed E-state index contributed by atoms with van der Waals surface area (Å²) in [7, 11) is 1.86. The number of rotatable bonds is 5. The molecule has 1 fully saturated rings. The van der Waals surface area contributed by atoms with Gasteiger partial charge in [0.1, 0.15) is 0 Å². The second-order valence-corrected chi connectivity index (χ2v) is 6.55. The molecule has 1 amide bonds. The maximum Gasteiger partial charge on any atom is 0.224 e. The van der Waals surface area contributed by atoms with Gasteiger partial charge in [-0.2, -0.15) is 0 Å². The van der Waals surface area contributed by atoms with Gasteiger partial charge in [-0.25, -0.2) is 0 Å². The molecule has 1 aliphatic rings. The molecule has 2 unspecified atom stereocenters. The second-order valence-electron chi connectivity index (χ2n) is 6.15. The largest absolute Gasteiger partial charge is 0.378 e. The van der Waals surface area contributed by atoms with Crippen LogP contribution >= 0.6 is 24.0 Å². The highest BCUT2D eigenvalue weighted by Crippen LogP contribution is 2.32. The third kappa shape index (κ3) is 5.35. The SMILES string of the molecule is CC(C)C(c1ccccc1Cl)N(C)C(=O)CC1COCCN1.Cl. The number of halogens is 2. The van der Waals surface area contributed by atoms with Crippen LogP contribution in [0.4, 0.5) is 0 Å². The summed E-state index contributed by atoms with van der Waals surface area (Å²) in [6.45, 7) is 6.34. The van der Waals surface area contributed by atoms with Crippen LogP contribution in [-0.4, -0.2) is 43.7 Å². The normalized spacial score (nSPS) is 19.1. The number of hydrogen-bond donors (Lipinski definition) is 1. The Labute approximate surface area is 149 Å². The molecule has 2 atom stereocenters. The molecule has 2 rings (SSSR count). The molecule has 6 heteroatoms. The summed E-state index contributed by atoms with van der Waals surface area (Å²) in [5, 5.41) is 4.03. The van der Waals surface area contributed by atoms with Gasteiger partial charge in [0.05, 0.1) is 19.3 Å². The smallest absolute Gasteiger partial charge is 0.224 e. The fourth-order valence-corrected chi connectivity index (χ4v) is 3.24. The predicted octanol–water partition coefficient (Wildman–Crippen LogP) is 3.30. The van der Waals surface area contributed by atoms with Crippen LogP contribution in [0.15, 0.2) is 24.3 Å². The molecule has 1 aliphatic heterocycles. The molecule has 0 spiro atoms. The molecular weight excluding hydrogens is 335 g/mol. The van der Waals surface area contributed by atoms with E-state index >= 15 is 0 Å². The lowest BCUT2D eigenvalue weighted by Crippen LogP contribution is -2.45. The summed E-state index contributed by atoms with van der Waals surface area (Å²) in [6, 6.07) is 7.83. The first-order valence-corrected chi connectivity index (χ1v) is 8.19. The van der Waals surface area contributed by atoms with Crippen molar-refractivity contribution in [3.8, 4) is 0 Å². The van der Waals surface area contributed by atoms with Gasteiger partial charge in [-0.05, 0) is 17.5 Å². The van der Waals surface area contributed by atoms with Gasteiger partial charge >= 0.3 is 0 Å². The Morgan fingerprint density at radius 1 is 1.43 bits per heavy atom. The van der Waals surface area contributed by atoms with E-state index in [0.717, 1.165) is 18.7 Å². The molecule has 130 valence electrons. The first-order valence-electron chi connectivity index (χ1n) is 7.82. The maximum absolute atomic E-state index is 12.6. The van der Waals surface area contributed by atoms with Crippen LogP contribution in [0.5, 0.6) is 0 Å².